The smallest absolute Gasteiger partial charge is 0.188 e. The van der Waals surface area contributed by atoms with E-state index < -0.39 is 27.5 Å². The second-order valence-corrected chi connectivity index (χ2v) is 34.4. The van der Waals surface area contributed by atoms with Gasteiger partial charge in [0.2, 0.25) is 0 Å². The molecule has 25 rings (SSSR count). The maximum absolute atomic E-state index is 8.12. The number of aromatic nitrogens is 12. The number of fused-ring (bicyclic) bond motifs is 12. The summed E-state index contributed by atoms with van der Waals surface area (Å²) >= 11 is 0. The average molecular weight is 2370 g/mol. The minimum Gasteiger partial charge on any atom is -0.358 e. The number of hydrogen-bond donors (Lipinski definition) is 0. The quantitative estimate of drug-likeness (QED) is 0.0895. The number of nitrogens with zero attached hydrogens (tertiary/aromatic N) is 15. The zero-order valence-corrected chi connectivity index (χ0v) is 82.5. The zero-order valence-electron chi connectivity index (χ0n) is 87.6. The van der Waals surface area contributed by atoms with E-state index in [0.717, 1.165) is 156 Å². The Morgan fingerprint density at radius 3 is 0.929 bits per heavy atom. The van der Waals surface area contributed by atoms with Gasteiger partial charge in [0, 0.05) is 192 Å². The van der Waals surface area contributed by atoms with Crippen LogP contribution in [0.3, 0.4) is 0 Å². The molecule has 0 N–H and O–H groups in total. The van der Waals surface area contributed by atoms with E-state index in [9.17, 15) is 0 Å². The Morgan fingerprint density at radius 1 is 0.264 bits per heavy atom. The summed E-state index contributed by atoms with van der Waals surface area (Å²) in [6, 6.07) is 151. The average Bonchev–Trinajstić information content (AvgIpc) is 1.59. The fraction of sp³-hybridized carbons (Fsp3) is 0.0656. The van der Waals surface area contributed by atoms with Crippen LogP contribution in [0.15, 0.2) is 432 Å². The van der Waals surface area contributed by atoms with Gasteiger partial charge in [-0.25, -0.2) is 37.8 Å². The first-order valence-electron chi connectivity index (χ1n) is 51.1. The molecule has 9 aromatic heterocycles. The van der Waals surface area contributed by atoms with Crippen molar-refractivity contribution in [3.8, 4) is 40.2 Å². The fourth-order valence-corrected chi connectivity index (χ4v) is 18.7. The largest absolute Gasteiger partial charge is 0.358 e. The molecule has 25 aromatic rings. The molecule has 0 atom stereocenters. The molecule has 0 radical (unpaired) electrons. The summed E-state index contributed by atoms with van der Waals surface area (Å²) in [7, 11) is 0. The molecule has 0 unspecified atom stereocenters. The molecule has 140 heavy (non-hydrogen) atoms. The molecule has 0 amide bonds. The van der Waals surface area contributed by atoms with E-state index in [-0.39, 0.29) is 85.4 Å². The van der Waals surface area contributed by atoms with Crippen molar-refractivity contribution in [2.75, 3.05) is 14.7 Å². The Hall–Kier alpha value is -15.8. The number of imidazole rings is 3. The Balaban J connectivity index is 0.000000136. The van der Waals surface area contributed by atoms with Gasteiger partial charge in [-0.15, -0.1) is 89.0 Å². The molecule has 9 heterocycles. The van der Waals surface area contributed by atoms with E-state index in [1.165, 1.54) is 16.8 Å². The van der Waals surface area contributed by atoms with E-state index in [0.29, 0.717) is 34.3 Å². The van der Waals surface area contributed by atoms with Crippen LogP contribution in [0, 0.1) is 57.0 Å². The second kappa shape index (κ2) is 39.0. The summed E-state index contributed by atoms with van der Waals surface area (Å²) in [6.07, 6.45) is 10.5. The summed E-state index contributed by atoms with van der Waals surface area (Å²) in [6.45, 7) is -2.54. The molecule has 0 saturated carbocycles. The topological polar surface area (TPSA) is 92.8 Å². The van der Waals surface area contributed by atoms with Crippen LogP contribution in [-0.4, -0.2) is 56.1 Å². The molecular formula is C122H92N15Pt3-3. The normalized spacial score (nSPS) is 13.0. The van der Waals surface area contributed by atoms with Gasteiger partial charge in [0.05, 0.1) is 5.54 Å². The van der Waals surface area contributed by atoms with Crippen molar-refractivity contribution in [2.24, 2.45) is 6.98 Å². The molecule has 0 saturated heterocycles. The van der Waals surface area contributed by atoms with Gasteiger partial charge in [-0.3, -0.25) is 0 Å². The molecular weight excluding hydrogens is 2260 g/mol. The SMILES string of the molecule is [2H]C([2H])([2H])c1ccnc(-n2c3[c-]c(N(c4[c-]c(-n5[cH+]n(-c6ccccc6)c6ccccc65)ccc4)c4ccccc4)ccc3c3ccccc32)c1.[2H]C([2H])([2H])c1ccnc(-n2c3[c-]c(N(c4[c-]c(-n5[cH+]n(C(C)(C)C)c6ccccc65)ccc4)c4ccccc4)ccc3c3ccccc32)c1.[2H]C([2H])([2H])c1ccnc(-n2c3[c-]c(N(c4[c-]c(-n5[cH+]n(C([2H])([2H])[2H])c6ccccc65)ccc4)c4ccccc4)ccc3c3ccccc32)c1.[Pt].[Pt].[Pt]. The van der Waals surface area contributed by atoms with Crippen LogP contribution in [0.25, 0.3) is 139 Å². The van der Waals surface area contributed by atoms with Crippen molar-refractivity contribution >= 4 is 150 Å². The van der Waals surface area contributed by atoms with Crippen molar-refractivity contribution in [3.05, 3.63) is 485 Å². The van der Waals surface area contributed by atoms with E-state index in [2.05, 4.69) is 271 Å². The Bertz CT molecular complexity index is 9050. The molecule has 0 aliphatic heterocycles. The first-order valence-corrected chi connectivity index (χ1v) is 45.1. The minimum atomic E-state index is -2.36. The first-order chi connectivity index (χ1) is 72.1. The summed E-state index contributed by atoms with van der Waals surface area (Å²) in [5.41, 5.74) is 22.4. The molecule has 0 spiro atoms. The zero-order chi connectivity index (χ0) is 102. The molecule has 0 aliphatic rings. The number of pyridine rings is 3. The molecule has 0 aliphatic carbocycles. The number of hydrogen-bond acceptors (Lipinski definition) is 6. The van der Waals surface area contributed by atoms with Crippen molar-refractivity contribution in [1.82, 2.24) is 56.1 Å². The van der Waals surface area contributed by atoms with Crippen LogP contribution in [0.4, 0.5) is 51.2 Å². The summed E-state index contributed by atoms with van der Waals surface area (Å²) in [5.74, 6) is 1.53. The molecule has 15 nitrogen and oxygen atoms in total. The maximum atomic E-state index is 8.12. The maximum Gasteiger partial charge on any atom is 0.188 e. The number of rotatable bonds is 16. The number of anilines is 9. The van der Waals surface area contributed by atoms with Crippen molar-refractivity contribution in [1.29, 1.82) is 0 Å². The van der Waals surface area contributed by atoms with Crippen LogP contribution in [0.1, 0.15) is 53.9 Å². The minimum absolute atomic E-state index is 0. The van der Waals surface area contributed by atoms with E-state index in [1.54, 1.807) is 55.1 Å². The third-order valence-corrected chi connectivity index (χ3v) is 24.8. The van der Waals surface area contributed by atoms with Gasteiger partial charge < -0.3 is 28.4 Å². The van der Waals surface area contributed by atoms with Crippen LogP contribution >= 0.6 is 0 Å². The Morgan fingerprint density at radius 2 is 0.564 bits per heavy atom. The number of aryl methyl sites for hydroxylation is 4. The standard InChI is InChI=1S/C43H30N5.C41H34N5.C38H28N5.3Pt/c1-31-25-26-44-43(27-31)48-39-20-9-8-19-37(39)38-24-23-36(29-42(38)48)47(33-15-6-3-7-16-33)35-18-12-17-34(28-35)46-30-45(32-13-4-2-5-14-32)40-21-10-11-22-41(40)46;1-29-23-24-42-40(25-29)46-36-18-9-8-17-34(36)35-22-21-33(27-39(35)46)45(30-13-6-5-7-14-30)32-16-12-15-31(26-32)43-28-44(41(2,3)4)38-20-11-10-19-37(38)43;1-27-21-22-39-38(23-27)43-34-16-7-6-15-32(34)33-20-19-31(25-37(33)43)42(28-11-4-3-5-12-28)30-14-10-13-29(24-30)41-26-40(2)35-17-8-9-18-36(35)41;;;/h2-27,30H,1H3;5-25,28H,1-4H3;3-23,26H,1-2H3;;;/q3*-1;;;/i2*1D3;1D3,2D3;;;. The van der Waals surface area contributed by atoms with E-state index >= 15 is 0 Å². The van der Waals surface area contributed by atoms with E-state index in [4.69, 9.17) is 16.4 Å². The van der Waals surface area contributed by atoms with Gasteiger partial charge in [-0.1, -0.05) is 208 Å². The van der Waals surface area contributed by atoms with Crippen LogP contribution in [0.5, 0.6) is 0 Å². The Kier molecular flexibility index (Phi) is 21.8. The molecule has 688 valence electrons. The first kappa shape index (κ1) is 78.3. The van der Waals surface area contributed by atoms with Crippen molar-refractivity contribution in [3.63, 3.8) is 0 Å². The third kappa shape index (κ3) is 17.2. The van der Waals surface area contributed by atoms with Gasteiger partial charge >= 0.3 is 0 Å². The van der Waals surface area contributed by atoms with Gasteiger partial charge in [-0.05, 0) is 202 Å². The van der Waals surface area contributed by atoms with Crippen molar-refractivity contribution in [2.45, 2.75) is 46.9 Å². The fourth-order valence-electron chi connectivity index (χ4n) is 18.7. The molecule has 18 heteroatoms. The van der Waals surface area contributed by atoms with Crippen LogP contribution < -0.4 is 14.7 Å². The van der Waals surface area contributed by atoms with Crippen LogP contribution in [0.2, 0.25) is 0 Å². The monoisotopic (exact) mass is 2360 g/mol. The van der Waals surface area contributed by atoms with Crippen molar-refractivity contribution < 1.29 is 79.6 Å². The summed E-state index contributed by atoms with van der Waals surface area (Å²) < 4.78 is 115. The number of para-hydroxylation sites is 13. The van der Waals surface area contributed by atoms with Gasteiger partial charge in [0.1, 0.15) is 23.1 Å². The Labute approximate surface area is 872 Å². The van der Waals surface area contributed by atoms with Crippen LogP contribution in [-0.2, 0) is 75.7 Å². The van der Waals surface area contributed by atoms with E-state index in [1.807, 2.05) is 217 Å². The second-order valence-electron chi connectivity index (χ2n) is 34.4. The molecule has 16 aromatic carbocycles. The molecule has 0 bridgehead atoms. The predicted octanol–water partition coefficient (Wildman–Crippen LogP) is 30.0. The number of benzene rings is 16. The van der Waals surface area contributed by atoms with Gasteiger partial charge in [0.25, 0.3) is 0 Å². The summed E-state index contributed by atoms with van der Waals surface area (Å²) in [4.78, 5) is 20.2. The predicted molar refractivity (Wildman–Crippen MR) is 562 cm³/mol. The third-order valence-electron chi connectivity index (χ3n) is 24.8. The summed E-state index contributed by atoms with van der Waals surface area (Å²) in [5, 5.41) is 5.99. The van der Waals surface area contributed by atoms with Gasteiger partial charge in [0.15, 0.2) is 52.1 Å². The van der Waals surface area contributed by atoms with Gasteiger partial charge in [-0.2, -0.15) is 41.0 Å². The molecule has 0 fully saturated rings.